The van der Waals surface area contributed by atoms with E-state index in [9.17, 15) is 4.79 Å². The Hall–Kier alpha value is -3.05. The fraction of sp³-hybridized carbons (Fsp3) is 0.393. The summed E-state index contributed by atoms with van der Waals surface area (Å²) in [7, 11) is 0. The van der Waals surface area contributed by atoms with Gasteiger partial charge in [0, 0.05) is 59.9 Å². The highest BCUT2D eigenvalue weighted by Gasteiger charge is 2.16. The molecule has 0 aliphatic carbocycles. The zero-order valence-corrected chi connectivity index (χ0v) is 21.1. The fourth-order valence-corrected chi connectivity index (χ4v) is 4.13. The van der Waals surface area contributed by atoms with Crippen LogP contribution in [0.25, 0.3) is 16.5 Å². The Morgan fingerprint density at radius 3 is 2.48 bits per heavy atom. The summed E-state index contributed by atoms with van der Waals surface area (Å²) in [5.74, 6) is 0. The standard InChI is InChI=1S/C21H24N2.C5H10N2O.C2H6/c1-6-22-20-10-8-7-9-19(20)14-21(22)17(4)18(5)23-12-11-15(2)13-16(23)3;6-5-1-2-7(3-5)4-8;1-2/h7-14H,3,6H2,1-2,4-5H3;4-5H,1-3,6H2;1-2H3/b18-17+;;. The van der Waals surface area contributed by atoms with E-state index >= 15 is 0 Å². The number of fused-ring (bicyclic) bond motifs is 1. The number of aryl methyl sites for hydroxylation is 1. The lowest BCUT2D eigenvalue weighted by Gasteiger charge is -2.27. The van der Waals surface area contributed by atoms with Crippen molar-refractivity contribution in [3.05, 3.63) is 77.9 Å². The Labute approximate surface area is 199 Å². The predicted molar refractivity (Wildman–Crippen MR) is 141 cm³/mol. The van der Waals surface area contributed by atoms with Crippen molar-refractivity contribution in [3.63, 3.8) is 0 Å². The highest BCUT2D eigenvalue weighted by atomic mass is 16.1. The molecule has 2 aromatic rings. The summed E-state index contributed by atoms with van der Waals surface area (Å²) in [6, 6.07) is 11.1. The van der Waals surface area contributed by atoms with Crippen LogP contribution < -0.4 is 5.73 Å². The summed E-state index contributed by atoms with van der Waals surface area (Å²) in [6.07, 6.45) is 8.16. The first kappa shape index (κ1) is 26.2. The molecule has 5 nitrogen and oxygen atoms in total. The molecule has 1 unspecified atom stereocenters. The zero-order valence-electron chi connectivity index (χ0n) is 21.1. The fourth-order valence-electron chi connectivity index (χ4n) is 4.13. The number of amides is 1. The molecule has 33 heavy (non-hydrogen) atoms. The molecule has 1 aromatic carbocycles. The van der Waals surface area contributed by atoms with Gasteiger partial charge in [0.15, 0.2) is 0 Å². The van der Waals surface area contributed by atoms with E-state index in [0.717, 1.165) is 38.2 Å². The summed E-state index contributed by atoms with van der Waals surface area (Å²) < 4.78 is 2.38. The summed E-state index contributed by atoms with van der Waals surface area (Å²) in [4.78, 5) is 13.9. The minimum Gasteiger partial charge on any atom is -0.344 e. The average molecular weight is 449 g/mol. The van der Waals surface area contributed by atoms with Crippen LogP contribution >= 0.6 is 0 Å². The van der Waals surface area contributed by atoms with Gasteiger partial charge in [-0.25, -0.2) is 0 Å². The van der Waals surface area contributed by atoms with E-state index in [0.29, 0.717) is 0 Å². The molecule has 3 heterocycles. The number of aromatic nitrogens is 1. The average Bonchev–Trinajstić information content (AvgIpc) is 3.42. The van der Waals surface area contributed by atoms with Gasteiger partial charge in [0.05, 0.1) is 0 Å². The minimum absolute atomic E-state index is 0.222. The van der Waals surface area contributed by atoms with Crippen LogP contribution in [0.2, 0.25) is 0 Å². The Morgan fingerprint density at radius 2 is 1.94 bits per heavy atom. The number of benzene rings is 1. The topological polar surface area (TPSA) is 54.5 Å². The van der Waals surface area contributed by atoms with Gasteiger partial charge in [-0.3, -0.25) is 4.79 Å². The summed E-state index contributed by atoms with van der Waals surface area (Å²) in [5.41, 5.74) is 12.8. The summed E-state index contributed by atoms with van der Waals surface area (Å²) in [5, 5.41) is 1.29. The van der Waals surface area contributed by atoms with Gasteiger partial charge in [0.1, 0.15) is 0 Å². The second kappa shape index (κ2) is 12.3. The Balaban J connectivity index is 0.000000323. The van der Waals surface area contributed by atoms with Gasteiger partial charge in [-0.05, 0) is 69.5 Å². The largest absolute Gasteiger partial charge is 0.344 e. The number of nitrogens with two attached hydrogens (primary N) is 1. The molecule has 1 aromatic heterocycles. The van der Waals surface area contributed by atoms with Crippen LogP contribution in [0.1, 0.15) is 53.7 Å². The molecule has 2 aliphatic rings. The summed E-state index contributed by atoms with van der Waals surface area (Å²) in [6.45, 7) is 19.4. The maximum atomic E-state index is 10.0. The van der Waals surface area contributed by atoms with Gasteiger partial charge in [-0.2, -0.15) is 0 Å². The van der Waals surface area contributed by atoms with Crippen LogP contribution in [0.4, 0.5) is 0 Å². The van der Waals surface area contributed by atoms with Crippen LogP contribution in [0.3, 0.4) is 0 Å². The number of likely N-dealkylation sites (tertiary alicyclic amines) is 1. The molecule has 4 rings (SSSR count). The first-order chi connectivity index (χ1) is 15.8. The van der Waals surface area contributed by atoms with Gasteiger partial charge in [0.2, 0.25) is 6.41 Å². The van der Waals surface area contributed by atoms with Gasteiger partial charge in [-0.1, -0.05) is 38.6 Å². The first-order valence-corrected chi connectivity index (χ1v) is 11.9. The maximum absolute atomic E-state index is 10.0. The van der Waals surface area contributed by atoms with E-state index in [1.165, 1.54) is 33.4 Å². The molecule has 0 saturated carbocycles. The highest BCUT2D eigenvalue weighted by Crippen LogP contribution is 2.30. The quantitative estimate of drug-likeness (QED) is 0.592. The van der Waals surface area contributed by atoms with Crippen molar-refractivity contribution in [2.24, 2.45) is 5.73 Å². The second-order valence-corrected chi connectivity index (χ2v) is 8.26. The normalized spacial score (nSPS) is 18.2. The number of para-hydroxylation sites is 1. The predicted octanol–water partition coefficient (Wildman–Crippen LogP) is 5.90. The molecule has 1 fully saturated rings. The SMILES string of the molecule is C=C1C=C(C)C=CN1/C(C)=C(\C)c1cc2ccccc2n1CC.CC.NC1CCN(C=O)C1. The smallest absolute Gasteiger partial charge is 0.209 e. The van der Waals surface area contributed by atoms with Gasteiger partial charge >= 0.3 is 0 Å². The molecule has 0 bridgehead atoms. The van der Waals surface area contributed by atoms with Crippen LogP contribution in [-0.2, 0) is 11.3 Å². The lowest BCUT2D eigenvalue weighted by molar-refractivity contribution is -0.117. The number of allylic oxidation sites excluding steroid dienone is 5. The van der Waals surface area contributed by atoms with Crippen molar-refractivity contribution >= 4 is 22.9 Å². The number of hydrogen-bond acceptors (Lipinski definition) is 3. The monoisotopic (exact) mass is 448 g/mol. The van der Waals surface area contributed by atoms with E-state index in [-0.39, 0.29) is 6.04 Å². The molecular formula is C28H40N4O. The van der Waals surface area contributed by atoms with Crippen LogP contribution in [-0.4, -0.2) is 39.9 Å². The molecule has 0 radical (unpaired) electrons. The first-order valence-electron chi connectivity index (χ1n) is 11.9. The number of hydrogen-bond donors (Lipinski definition) is 1. The van der Waals surface area contributed by atoms with Crippen LogP contribution in [0.5, 0.6) is 0 Å². The zero-order chi connectivity index (χ0) is 24.5. The van der Waals surface area contributed by atoms with Crippen molar-refractivity contribution in [2.45, 2.75) is 60.5 Å². The van der Waals surface area contributed by atoms with Crippen molar-refractivity contribution in [2.75, 3.05) is 13.1 Å². The van der Waals surface area contributed by atoms with Crippen LogP contribution in [0, 0.1) is 0 Å². The third-order valence-corrected chi connectivity index (χ3v) is 6.01. The van der Waals surface area contributed by atoms with Crippen LogP contribution in [0.15, 0.2) is 72.2 Å². The Bertz CT molecular complexity index is 1060. The molecular weight excluding hydrogens is 408 g/mol. The molecule has 1 atom stereocenters. The molecule has 5 heteroatoms. The highest BCUT2D eigenvalue weighted by molar-refractivity contribution is 5.86. The molecule has 178 valence electrons. The third kappa shape index (κ3) is 6.26. The number of carbonyl (C=O) groups excluding carboxylic acids is 1. The molecule has 2 aliphatic heterocycles. The van der Waals surface area contributed by atoms with E-state index in [1.807, 2.05) is 13.8 Å². The maximum Gasteiger partial charge on any atom is 0.209 e. The van der Waals surface area contributed by atoms with Crippen molar-refractivity contribution in [1.29, 1.82) is 0 Å². The lowest BCUT2D eigenvalue weighted by atomic mass is 10.1. The molecule has 0 spiro atoms. The number of rotatable bonds is 4. The van der Waals surface area contributed by atoms with Crippen molar-refractivity contribution in [3.8, 4) is 0 Å². The number of carbonyl (C=O) groups is 1. The van der Waals surface area contributed by atoms with E-state index in [1.54, 1.807) is 4.90 Å². The van der Waals surface area contributed by atoms with Gasteiger partial charge in [0.25, 0.3) is 0 Å². The Kier molecular flexibility index (Phi) is 9.74. The second-order valence-electron chi connectivity index (χ2n) is 8.26. The van der Waals surface area contributed by atoms with E-state index < -0.39 is 0 Å². The summed E-state index contributed by atoms with van der Waals surface area (Å²) >= 11 is 0. The van der Waals surface area contributed by atoms with Crippen molar-refractivity contribution in [1.82, 2.24) is 14.4 Å². The minimum atomic E-state index is 0.222. The number of nitrogens with zero attached hydrogens (tertiary/aromatic N) is 3. The van der Waals surface area contributed by atoms with E-state index in [2.05, 4.69) is 92.4 Å². The third-order valence-electron chi connectivity index (χ3n) is 6.01. The van der Waals surface area contributed by atoms with Gasteiger partial charge in [-0.15, -0.1) is 0 Å². The van der Waals surface area contributed by atoms with Crippen molar-refractivity contribution < 1.29 is 4.79 Å². The lowest BCUT2D eigenvalue weighted by Crippen LogP contribution is -2.25. The molecule has 2 N–H and O–H groups in total. The Morgan fingerprint density at radius 1 is 1.24 bits per heavy atom. The van der Waals surface area contributed by atoms with Gasteiger partial charge < -0.3 is 20.1 Å². The van der Waals surface area contributed by atoms with E-state index in [4.69, 9.17) is 5.73 Å². The molecule has 1 amide bonds. The molecule has 1 saturated heterocycles.